The van der Waals surface area contributed by atoms with Gasteiger partial charge in [0, 0.05) is 28.8 Å². The van der Waals surface area contributed by atoms with Gasteiger partial charge in [0.1, 0.15) is 0 Å². The average molecular weight is 294 g/mol. The maximum atomic E-state index is 12.6. The van der Waals surface area contributed by atoms with E-state index in [0.29, 0.717) is 25.9 Å². The lowest BCUT2D eigenvalue weighted by Crippen LogP contribution is -2.46. The number of piperidine rings is 1. The summed E-state index contributed by atoms with van der Waals surface area (Å²) in [7, 11) is 0. The van der Waals surface area contributed by atoms with Crippen molar-refractivity contribution in [1.82, 2.24) is 10.2 Å². The molecule has 2 heterocycles. The van der Waals surface area contributed by atoms with Crippen LogP contribution in [0.1, 0.15) is 36.4 Å². The molecule has 1 fully saturated rings. The Morgan fingerprint density at radius 1 is 1.50 bits per heavy atom. The number of thiophene rings is 1. The molecule has 1 saturated heterocycles. The van der Waals surface area contributed by atoms with Crippen molar-refractivity contribution in [2.75, 3.05) is 6.54 Å². The van der Waals surface area contributed by atoms with Gasteiger partial charge in [-0.15, -0.1) is 11.3 Å². The van der Waals surface area contributed by atoms with E-state index in [-0.39, 0.29) is 23.8 Å². The maximum Gasteiger partial charge on any atom is 0.228 e. The first-order valence-electron chi connectivity index (χ1n) is 7.10. The molecule has 1 aromatic heterocycles. The highest BCUT2D eigenvalue weighted by Crippen LogP contribution is 2.21. The van der Waals surface area contributed by atoms with E-state index >= 15 is 0 Å². The molecule has 1 aromatic rings. The lowest BCUT2D eigenvalue weighted by molar-refractivity contribution is -0.139. The van der Waals surface area contributed by atoms with Gasteiger partial charge in [0.05, 0.1) is 12.5 Å². The molecule has 0 bridgehead atoms. The maximum absolute atomic E-state index is 12.6. The molecular weight excluding hydrogens is 272 g/mol. The molecule has 2 amide bonds. The van der Waals surface area contributed by atoms with Crippen molar-refractivity contribution in [2.24, 2.45) is 5.92 Å². The van der Waals surface area contributed by atoms with E-state index in [2.05, 4.69) is 24.4 Å². The molecule has 1 unspecified atom stereocenters. The van der Waals surface area contributed by atoms with Crippen LogP contribution in [0, 0.1) is 12.8 Å². The van der Waals surface area contributed by atoms with Crippen LogP contribution < -0.4 is 5.32 Å². The summed E-state index contributed by atoms with van der Waals surface area (Å²) in [5, 5.41) is 2.79. The lowest BCUT2D eigenvalue weighted by Gasteiger charge is -2.32. The quantitative estimate of drug-likeness (QED) is 0.926. The molecule has 1 aliphatic rings. The Bertz CT molecular complexity index is 486. The zero-order valence-electron chi connectivity index (χ0n) is 12.3. The Morgan fingerprint density at radius 3 is 2.75 bits per heavy atom. The van der Waals surface area contributed by atoms with E-state index in [0.717, 1.165) is 0 Å². The molecule has 1 atom stereocenters. The van der Waals surface area contributed by atoms with Crippen molar-refractivity contribution >= 4 is 23.2 Å². The summed E-state index contributed by atoms with van der Waals surface area (Å²) in [6.07, 6.45) is 1.12. The second-order valence-corrected chi connectivity index (χ2v) is 6.98. The first-order chi connectivity index (χ1) is 9.47. The number of hydrogen-bond donors (Lipinski definition) is 1. The SMILES string of the molecule is Cc1ccc(CN(C(=O)C2CCC(=O)NC2)C(C)C)s1. The molecule has 2 rings (SSSR count). The minimum Gasteiger partial charge on any atom is -0.355 e. The van der Waals surface area contributed by atoms with Gasteiger partial charge < -0.3 is 10.2 Å². The van der Waals surface area contributed by atoms with Crippen LogP contribution in [0.2, 0.25) is 0 Å². The van der Waals surface area contributed by atoms with E-state index in [1.54, 1.807) is 11.3 Å². The predicted octanol–water partition coefficient (Wildman–Crippen LogP) is 2.32. The van der Waals surface area contributed by atoms with Gasteiger partial charge in [0.15, 0.2) is 0 Å². The lowest BCUT2D eigenvalue weighted by atomic mass is 9.97. The monoisotopic (exact) mass is 294 g/mol. The van der Waals surface area contributed by atoms with Gasteiger partial charge in [-0.3, -0.25) is 9.59 Å². The summed E-state index contributed by atoms with van der Waals surface area (Å²) in [6.45, 7) is 7.30. The van der Waals surface area contributed by atoms with Gasteiger partial charge in [-0.1, -0.05) is 0 Å². The molecule has 0 radical (unpaired) electrons. The van der Waals surface area contributed by atoms with Crippen LogP contribution in [0.3, 0.4) is 0 Å². The average Bonchev–Trinajstić information content (AvgIpc) is 2.81. The Kier molecular flexibility index (Phi) is 4.81. The van der Waals surface area contributed by atoms with Gasteiger partial charge in [-0.05, 0) is 39.3 Å². The molecule has 1 N–H and O–H groups in total. The summed E-state index contributed by atoms with van der Waals surface area (Å²) in [4.78, 5) is 28.2. The summed E-state index contributed by atoms with van der Waals surface area (Å²) in [5.41, 5.74) is 0. The number of carbonyl (C=O) groups excluding carboxylic acids is 2. The Morgan fingerprint density at radius 2 is 2.25 bits per heavy atom. The smallest absolute Gasteiger partial charge is 0.228 e. The minimum atomic E-state index is -0.0730. The molecule has 110 valence electrons. The van der Waals surface area contributed by atoms with Crippen LogP contribution >= 0.6 is 11.3 Å². The standard InChI is InChI=1S/C15H22N2O2S/c1-10(2)17(9-13-6-4-11(3)20-13)15(19)12-5-7-14(18)16-8-12/h4,6,10,12H,5,7-9H2,1-3H3,(H,16,18). The number of carbonyl (C=O) groups is 2. The van der Waals surface area contributed by atoms with Crippen molar-refractivity contribution in [2.45, 2.75) is 46.2 Å². The largest absolute Gasteiger partial charge is 0.355 e. The van der Waals surface area contributed by atoms with Crippen LogP contribution in [-0.4, -0.2) is 29.3 Å². The van der Waals surface area contributed by atoms with E-state index < -0.39 is 0 Å². The number of rotatable bonds is 4. The van der Waals surface area contributed by atoms with Gasteiger partial charge >= 0.3 is 0 Å². The third kappa shape index (κ3) is 3.60. The molecule has 1 aliphatic heterocycles. The van der Waals surface area contributed by atoms with Gasteiger partial charge in [-0.2, -0.15) is 0 Å². The number of nitrogens with one attached hydrogen (secondary N) is 1. The number of hydrogen-bond acceptors (Lipinski definition) is 3. The summed E-state index contributed by atoms with van der Waals surface area (Å²) >= 11 is 1.73. The number of aryl methyl sites for hydroxylation is 1. The summed E-state index contributed by atoms with van der Waals surface area (Å²) in [6, 6.07) is 4.34. The molecule has 0 spiro atoms. The predicted molar refractivity (Wildman–Crippen MR) is 80.5 cm³/mol. The molecule has 0 aromatic carbocycles. The first-order valence-corrected chi connectivity index (χ1v) is 7.91. The third-order valence-corrected chi connectivity index (χ3v) is 4.63. The van der Waals surface area contributed by atoms with Crippen molar-refractivity contribution in [3.63, 3.8) is 0 Å². The zero-order valence-corrected chi connectivity index (χ0v) is 13.1. The third-order valence-electron chi connectivity index (χ3n) is 3.64. The second-order valence-electron chi connectivity index (χ2n) is 5.61. The van der Waals surface area contributed by atoms with Crippen LogP contribution in [0.5, 0.6) is 0 Å². The molecule has 5 heteroatoms. The van der Waals surface area contributed by atoms with Crippen LogP contribution in [-0.2, 0) is 16.1 Å². The van der Waals surface area contributed by atoms with Crippen molar-refractivity contribution in [1.29, 1.82) is 0 Å². The van der Waals surface area contributed by atoms with Crippen LogP contribution in [0.25, 0.3) is 0 Å². The van der Waals surface area contributed by atoms with Gasteiger partial charge in [0.2, 0.25) is 11.8 Å². The number of amides is 2. The van der Waals surface area contributed by atoms with E-state index in [1.165, 1.54) is 9.75 Å². The summed E-state index contributed by atoms with van der Waals surface area (Å²) < 4.78 is 0. The molecular formula is C15H22N2O2S. The highest BCUT2D eigenvalue weighted by Gasteiger charge is 2.29. The highest BCUT2D eigenvalue weighted by molar-refractivity contribution is 7.11. The van der Waals surface area contributed by atoms with E-state index in [4.69, 9.17) is 0 Å². The molecule has 0 aliphatic carbocycles. The van der Waals surface area contributed by atoms with Crippen molar-refractivity contribution in [3.8, 4) is 0 Å². The molecule has 20 heavy (non-hydrogen) atoms. The first kappa shape index (κ1) is 15.0. The fourth-order valence-corrected chi connectivity index (χ4v) is 3.32. The minimum absolute atomic E-state index is 0.0547. The molecule has 4 nitrogen and oxygen atoms in total. The Hall–Kier alpha value is -1.36. The Labute approximate surface area is 124 Å². The zero-order chi connectivity index (χ0) is 14.7. The normalized spacial score (nSPS) is 19.0. The Balaban J connectivity index is 2.04. The van der Waals surface area contributed by atoms with Crippen molar-refractivity contribution in [3.05, 3.63) is 21.9 Å². The van der Waals surface area contributed by atoms with Crippen molar-refractivity contribution < 1.29 is 9.59 Å². The fourth-order valence-electron chi connectivity index (χ4n) is 2.43. The topological polar surface area (TPSA) is 49.4 Å². The fraction of sp³-hybridized carbons (Fsp3) is 0.600. The van der Waals surface area contributed by atoms with Crippen LogP contribution in [0.4, 0.5) is 0 Å². The molecule has 0 saturated carbocycles. The van der Waals surface area contributed by atoms with Gasteiger partial charge in [0.25, 0.3) is 0 Å². The summed E-state index contributed by atoms with van der Waals surface area (Å²) in [5.74, 6) is 0.140. The van der Waals surface area contributed by atoms with Gasteiger partial charge in [-0.25, -0.2) is 0 Å². The van der Waals surface area contributed by atoms with E-state index in [9.17, 15) is 9.59 Å². The van der Waals surface area contributed by atoms with Crippen LogP contribution in [0.15, 0.2) is 12.1 Å². The second kappa shape index (κ2) is 6.39. The number of nitrogens with zero attached hydrogens (tertiary/aromatic N) is 1. The van der Waals surface area contributed by atoms with E-state index in [1.807, 2.05) is 18.7 Å². The highest BCUT2D eigenvalue weighted by atomic mass is 32.1.